The smallest absolute Gasteiger partial charge is 0.133 e. The zero-order valence-corrected chi connectivity index (χ0v) is 20.8. The van der Waals surface area contributed by atoms with Crippen molar-refractivity contribution in [1.82, 2.24) is 15.0 Å². The van der Waals surface area contributed by atoms with Crippen LogP contribution in [-0.4, -0.2) is 28.6 Å². The molecule has 33 heavy (non-hydrogen) atoms. The third-order valence-electron chi connectivity index (χ3n) is 5.37. The van der Waals surface area contributed by atoms with E-state index in [2.05, 4.69) is 68.7 Å². The lowest BCUT2D eigenvalue weighted by atomic mass is 10.1. The topological polar surface area (TPSA) is 60.4 Å². The Morgan fingerprint density at radius 3 is 2.67 bits per heavy atom. The normalized spacial score (nSPS) is 13.9. The fraction of sp³-hybridized carbons (Fsp3) is 0.269. The van der Waals surface area contributed by atoms with E-state index in [4.69, 9.17) is 9.47 Å². The van der Waals surface area contributed by atoms with E-state index in [1.807, 2.05) is 42.6 Å². The molecule has 0 bridgehead atoms. The average molecular weight is 507 g/mol. The molecular formula is C26H27BrN4O2. The first-order valence-electron chi connectivity index (χ1n) is 10.8. The van der Waals surface area contributed by atoms with Gasteiger partial charge in [0.25, 0.3) is 0 Å². The van der Waals surface area contributed by atoms with Gasteiger partial charge in [-0.2, -0.15) is 0 Å². The van der Waals surface area contributed by atoms with Gasteiger partial charge in [0.1, 0.15) is 23.9 Å². The number of nitrogens with zero attached hydrogens (tertiary/aromatic N) is 4. The molecule has 3 heterocycles. The Bertz CT molecular complexity index is 1210. The number of hydrogen-bond acceptors (Lipinski definition) is 6. The van der Waals surface area contributed by atoms with Gasteiger partial charge in [-0.15, -0.1) is 0 Å². The minimum Gasteiger partial charge on any atom is -0.497 e. The number of halogens is 1. The van der Waals surface area contributed by atoms with Crippen LogP contribution in [0.25, 0.3) is 11.4 Å². The molecule has 0 aliphatic carbocycles. The molecule has 0 amide bonds. The molecule has 0 atom stereocenters. The van der Waals surface area contributed by atoms with Gasteiger partial charge in [-0.05, 0) is 58.7 Å². The highest BCUT2D eigenvalue weighted by Gasteiger charge is 2.20. The summed E-state index contributed by atoms with van der Waals surface area (Å²) < 4.78 is 12.4. The Balaban J connectivity index is 1.51. The summed E-state index contributed by atoms with van der Waals surface area (Å²) in [5.41, 5.74) is 4.83. The number of hydrogen-bond donors (Lipinski definition) is 0. The van der Waals surface area contributed by atoms with Crippen molar-refractivity contribution in [3.63, 3.8) is 0 Å². The molecule has 0 fully saturated rings. The Kier molecular flexibility index (Phi) is 7.08. The van der Waals surface area contributed by atoms with Crippen molar-refractivity contribution in [2.75, 3.05) is 18.6 Å². The predicted molar refractivity (Wildman–Crippen MR) is 134 cm³/mol. The van der Waals surface area contributed by atoms with Gasteiger partial charge in [-0.3, -0.25) is 4.98 Å². The van der Waals surface area contributed by atoms with Crippen LogP contribution >= 0.6 is 15.9 Å². The molecular weight excluding hydrogens is 480 g/mol. The molecule has 0 N–H and O–H groups in total. The molecule has 3 aromatic rings. The van der Waals surface area contributed by atoms with Crippen LogP contribution in [0.15, 0.2) is 76.9 Å². The van der Waals surface area contributed by atoms with Gasteiger partial charge in [0, 0.05) is 35.8 Å². The molecule has 1 aliphatic rings. The standard InChI is InChI=1S/C26H27BrN4O2/c1-17(2)26-29-11-9-23(30-26)24-14-20(8-10-28-24)31-15-22(27)25(12-18(31)3)33-16-19-6-5-7-21(13-19)32-4/h5-14,17H,15-16H2,1-4H3. The molecule has 0 saturated carbocycles. The number of aromatic nitrogens is 3. The predicted octanol–water partition coefficient (Wildman–Crippen LogP) is 6.22. The van der Waals surface area contributed by atoms with Crippen LogP contribution in [-0.2, 0) is 11.3 Å². The fourth-order valence-corrected chi connectivity index (χ4v) is 4.03. The first kappa shape index (κ1) is 23.0. The number of ether oxygens (including phenoxy) is 2. The summed E-state index contributed by atoms with van der Waals surface area (Å²) in [6.45, 7) is 7.39. The SMILES string of the molecule is COc1cccc(COC2=C(Br)CN(c3ccnc(-c4ccnc(C(C)C)n4)c3)C(C)=C2)c1. The number of anilines is 1. The van der Waals surface area contributed by atoms with Crippen LogP contribution in [0.5, 0.6) is 5.75 Å². The molecule has 1 aromatic carbocycles. The van der Waals surface area contributed by atoms with E-state index in [0.717, 1.165) is 50.2 Å². The van der Waals surface area contributed by atoms with Gasteiger partial charge < -0.3 is 14.4 Å². The van der Waals surface area contributed by atoms with Crippen molar-refractivity contribution < 1.29 is 9.47 Å². The van der Waals surface area contributed by atoms with E-state index in [9.17, 15) is 0 Å². The van der Waals surface area contributed by atoms with Crippen LogP contribution in [0.3, 0.4) is 0 Å². The molecule has 0 saturated heterocycles. The van der Waals surface area contributed by atoms with E-state index in [0.29, 0.717) is 13.2 Å². The fourth-order valence-electron chi connectivity index (χ4n) is 3.55. The molecule has 1 aliphatic heterocycles. The van der Waals surface area contributed by atoms with E-state index in [1.165, 1.54) is 0 Å². The van der Waals surface area contributed by atoms with Crippen molar-refractivity contribution in [1.29, 1.82) is 0 Å². The van der Waals surface area contributed by atoms with Crippen LogP contribution in [0.2, 0.25) is 0 Å². The Labute approximate surface area is 203 Å². The monoisotopic (exact) mass is 506 g/mol. The van der Waals surface area contributed by atoms with Crippen molar-refractivity contribution in [2.24, 2.45) is 0 Å². The van der Waals surface area contributed by atoms with Gasteiger partial charge in [-0.1, -0.05) is 26.0 Å². The largest absolute Gasteiger partial charge is 0.497 e. The average Bonchev–Trinajstić information content (AvgIpc) is 2.84. The highest BCUT2D eigenvalue weighted by molar-refractivity contribution is 9.11. The maximum Gasteiger partial charge on any atom is 0.133 e. The van der Waals surface area contributed by atoms with Gasteiger partial charge in [0.15, 0.2) is 0 Å². The first-order chi connectivity index (χ1) is 15.9. The van der Waals surface area contributed by atoms with Gasteiger partial charge in [0.2, 0.25) is 0 Å². The maximum atomic E-state index is 6.11. The highest BCUT2D eigenvalue weighted by atomic mass is 79.9. The quantitative estimate of drug-likeness (QED) is 0.379. The lowest BCUT2D eigenvalue weighted by molar-refractivity contribution is 0.208. The molecule has 6 nitrogen and oxygen atoms in total. The zero-order valence-electron chi connectivity index (χ0n) is 19.2. The number of pyridine rings is 1. The molecule has 0 unspecified atom stereocenters. The molecule has 170 valence electrons. The zero-order chi connectivity index (χ0) is 23.4. The second kappa shape index (κ2) is 10.2. The summed E-state index contributed by atoms with van der Waals surface area (Å²) in [6, 6.07) is 13.9. The summed E-state index contributed by atoms with van der Waals surface area (Å²) in [5, 5.41) is 0. The summed E-state index contributed by atoms with van der Waals surface area (Å²) in [6.07, 6.45) is 5.67. The minimum atomic E-state index is 0.261. The van der Waals surface area contributed by atoms with Crippen LogP contribution in [0.1, 0.15) is 38.1 Å². The Hall–Kier alpha value is -3.19. The first-order valence-corrected chi connectivity index (χ1v) is 11.6. The maximum absolute atomic E-state index is 6.11. The number of allylic oxidation sites excluding steroid dienone is 2. The molecule has 0 spiro atoms. The minimum absolute atomic E-state index is 0.261. The van der Waals surface area contributed by atoms with Crippen molar-refractivity contribution in [3.8, 4) is 17.1 Å². The van der Waals surface area contributed by atoms with Crippen LogP contribution in [0, 0.1) is 0 Å². The molecule has 7 heteroatoms. The van der Waals surface area contributed by atoms with Crippen molar-refractivity contribution >= 4 is 21.6 Å². The summed E-state index contributed by atoms with van der Waals surface area (Å²) >= 11 is 3.72. The number of methoxy groups -OCH3 is 1. The van der Waals surface area contributed by atoms with Gasteiger partial charge in [-0.25, -0.2) is 9.97 Å². The second-order valence-electron chi connectivity index (χ2n) is 8.14. The van der Waals surface area contributed by atoms with Crippen LogP contribution in [0.4, 0.5) is 5.69 Å². The van der Waals surface area contributed by atoms with E-state index in [1.54, 1.807) is 13.3 Å². The molecule has 2 aromatic heterocycles. The van der Waals surface area contributed by atoms with E-state index in [-0.39, 0.29) is 5.92 Å². The molecule has 4 rings (SSSR count). The van der Waals surface area contributed by atoms with E-state index < -0.39 is 0 Å². The summed E-state index contributed by atoms with van der Waals surface area (Å²) in [7, 11) is 1.67. The van der Waals surface area contributed by atoms with Crippen molar-refractivity contribution in [3.05, 3.63) is 88.3 Å². The second-order valence-corrected chi connectivity index (χ2v) is 9.09. The third-order valence-corrected chi connectivity index (χ3v) is 6.01. The Morgan fingerprint density at radius 1 is 1.06 bits per heavy atom. The van der Waals surface area contributed by atoms with Crippen LogP contribution < -0.4 is 9.64 Å². The molecule has 0 radical (unpaired) electrons. The number of rotatable bonds is 7. The summed E-state index contributed by atoms with van der Waals surface area (Å²) in [5.74, 6) is 2.73. The number of benzene rings is 1. The lowest BCUT2D eigenvalue weighted by Crippen LogP contribution is -2.26. The Morgan fingerprint density at radius 2 is 1.88 bits per heavy atom. The van der Waals surface area contributed by atoms with Gasteiger partial charge >= 0.3 is 0 Å². The van der Waals surface area contributed by atoms with E-state index >= 15 is 0 Å². The summed E-state index contributed by atoms with van der Waals surface area (Å²) in [4.78, 5) is 15.8. The third kappa shape index (κ3) is 5.42. The highest BCUT2D eigenvalue weighted by Crippen LogP contribution is 2.32. The lowest BCUT2D eigenvalue weighted by Gasteiger charge is -2.30. The van der Waals surface area contributed by atoms with Crippen molar-refractivity contribution in [2.45, 2.75) is 33.3 Å². The van der Waals surface area contributed by atoms with Gasteiger partial charge in [0.05, 0.1) is 29.5 Å².